The van der Waals surface area contributed by atoms with Crippen molar-refractivity contribution in [3.05, 3.63) is 60.3 Å². The molecule has 2 heterocycles. The minimum absolute atomic E-state index is 0.0427. The Morgan fingerprint density at radius 2 is 1.92 bits per heavy atom. The monoisotopic (exact) mass is 334 g/mol. The minimum atomic E-state index is -0.317. The van der Waals surface area contributed by atoms with Gasteiger partial charge in [0.25, 0.3) is 5.91 Å². The number of hydrogen-bond donors (Lipinski definition) is 2. The van der Waals surface area contributed by atoms with Gasteiger partial charge in [-0.2, -0.15) is 0 Å². The summed E-state index contributed by atoms with van der Waals surface area (Å²) < 4.78 is 10.6. The molecule has 4 rings (SSSR count). The lowest BCUT2D eigenvalue weighted by Gasteiger charge is -2.00. The van der Waals surface area contributed by atoms with Gasteiger partial charge in [0.2, 0.25) is 5.89 Å². The Labute approximate surface area is 142 Å². The molecular formula is C18H14N4O3. The van der Waals surface area contributed by atoms with Crippen LogP contribution < -0.4 is 10.1 Å². The number of anilines is 1. The second kappa shape index (κ2) is 6.12. The van der Waals surface area contributed by atoms with Crippen molar-refractivity contribution in [2.75, 3.05) is 12.4 Å². The van der Waals surface area contributed by atoms with Crippen LogP contribution in [0, 0.1) is 0 Å². The normalized spacial score (nSPS) is 10.8. The van der Waals surface area contributed by atoms with E-state index in [1.165, 1.54) is 0 Å². The Morgan fingerprint density at radius 3 is 2.72 bits per heavy atom. The predicted octanol–water partition coefficient (Wildman–Crippen LogP) is 3.48. The number of aromatic nitrogens is 3. The van der Waals surface area contributed by atoms with Crippen LogP contribution in [0.5, 0.6) is 5.75 Å². The molecule has 0 saturated heterocycles. The summed E-state index contributed by atoms with van der Waals surface area (Å²) in [5.74, 6) is 0.732. The number of nitrogens with zero attached hydrogens (tertiary/aromatic N) is 2. The molecule has 2 aromatic heterocycles. The largest absolute Gasteiger partial charge is 0.497 e. The molecule has 0 fully saturated rings. The lowest BCUT2D eigenvalue weighted by atomic mass is 10.2. The molecule has 7 nitrogen and oxygen atoms in total. The van der Waals surface area contributed by atoms with Crippen molar-refractivity contribution in [3.8, 4) is 17.2 Å². The molecule has 0 aliphatic heterocycles. The summed E-state index contributed by atoms with van der Waals surface area (Å²) in [6.07, 6.45) is 1.65. The van der Waals surface area contributed by atoms with E-state index in [2.05, 4.69) is 20.5 Å². The number of carbonyl (C=O) groups excluding carboxylic acids is 1. The first-order valence-electron chi connectivity index (χ1n) is 7.60. The number of carbonyl (C=O) groups is 1. The maximum absolute atomic E-state index is 12.4. The lowest BCUT2D eigenvalue weighted by molar-refractivity contribution is 0.102. The number of methoxy groups -OCH3 is 1. The lowest BCUT2D eigenvalue weighted by Crippen LogP contribution is -2.11. The Hall–Kier alpha value is -3.61. The summed E-state index contributed by atoms with van der Waals surface area (Å²) in [5, 5.41) is 11.3. The van der Waals surface area contributed by atoms with Crippen LogP contribution in [-0.4, -0.2) is 28.2 Å². The van der Waals surface area contributed by atoms with Crippen molar-refractivity contribution in [2.45, 2.75) is 0 Å². The standard InChI is InChI=1S/C18H14N4O3/c1-24-12-8-6-11(7-9-12)17-21-22-18(25-17)20-16(23)14-10-19-15-5-3-2-4-13(14)15/h2-10,19H,1H3,(H,20,22,23). The number of hydrogen-bond acceptors (Lipinski definition) is 5. The molecule has 7 heteroatoms. The van der Waals surface area contributed by atoms with Gasteiger partial charge in [-0.1, -0.05) is 23.3 Å². The molecular weight excluding hydrogens is 320 g/mol. The van der Waals surface area contributed by atoms with Crippen LogP contribution in [0.25, 0.3) is 22.4 Å². The molecule has 2 N–H and O–H groups in total. The Bertz CT molecular complexity index is 1030. The number of para-hydroxylation sites is 1. The maximum atomic E-state index is 12.4. The molecule has 0 atom stereocenters. The third kappa shape index (κ3) is 2.83. The van der Waals surface area contributed by atoms with Crippen LogP contribution in [-0.2, 0) is 0 Å². The molecule has 4 aromatic rings. The fraction of sp³-hybridized carbons (Fsp3) is 0.0556. The van der Waals surface area contributed by atoms with Crippen molar-refractivity contribution in [1.29, 1.82) is 0 Å². The first-order chi connectivity index (χ1) is 12.2. The molecule has 1 amide bonds. The smallest absolute Gasteiger partial charge is 0.322 e. The zero-order valence-electron chi connectivity index (χ0n) is 13.3. The topological polar surface area (TPSA) is 93.0 Å². The highest BCUT2D eigenvalue weighted by molar-refractivity contribution is 6.12. The van der Waals surface area contributed by atoms with Crippen molar-refractivity contribution in [3.63, 3.8) is 0 Å². The molecule has 0 spiro atoms. The van der Waals surface area contributed by atoms with Crippen LogP contribution in [0.4, 0.5) is 6.01 Å². The van der Waals surface area contributed by atoms with E-state index in [-0.39, 0.29) is 11.9 Å². The maximum Gasteiger partial charge on any atom is 0.322 e. The molecule has 0 saturated carbocycles. The first kappa shape index (κ1) is 14.9. The highest BCUT2D eigenvalue weighted by Gasteiger charge is 2.15. The van der Waals surface area contributed by atoms with Crippen LogP contribution in [0.2, 0.25) is 0 Å². The van der Waals surface area contributed by atoms with E-state index in [4.69, 9.17) is 9.15 Å². The van der Waals surface area contributed by atoms with Gasteiger partial charge in [-0.3, -0.25) is 10.1 Å². The van der Waals surface area contributed by atoms with Crippen molar-refractivity contribution in [1.82, 2.24) is 15.2 Å². The van der Waals surface area contributed by atoms with Crippen LogP contribution >= 0.6 is 0 Å². The fourth-order valence-corrected chi connectivity index (χ4v) is 2.55. The van der Waals surface area contributed by atoms with E-state index in [1.54, 1.807) is 37.6 Å². The van der Waals surface area contributed by atoms with Gasteiger partial charge in [0.05, 0.1) is 12.7 Å². The molecule has 0 radical (unpaired) electrons. The highest BCUT2D eigenvalue weighted by Crippen LogP contribution is 2.23. The second-order valence-electron chi connectivity index (χ2n) is 5.34. The third-order valence-corrected chi connectivity index (χ3v) is 3.82. The molecule has 25 heavy (non-hydrogen) atoms. The SMILES string of the molecule is COc1ccc(-c2nnc(NC(=O)c3c[nH]c4ccccc34)o2)cc1. The number of nitrogens with one attached hydrogen (secondary N) is 2. The Balaban J connectivity index is 1.55. The van der Waals surface area contributed by atoms with Gasteiger partial charge in [-0.05, 0) is 30.3 Å². The highest BCUT2D eigenvalue weighted by atomic mass is 16.5. The van der Waals surface area contributed by atoms with E-state index in [0.29, 0.717) is 11.5 Å². The second-order valence-corrected chi connectivity index (χ2v) is 5.34. The van der Waals surface area contributed by atoms with E-state index < -0.39 is 0 Å². The number of H-pyrrole nitrogens is 1. The van der Waals surface area contributed by atoms with Crippen molar-refractivity contribution in [2.24, 2.45) is 0 Å². The van der Waals surface area contributed by atoms with E-state index in [0.717, 1.165) is 22.2 Å². The average Bonchev–Trinajstić information content (AvgIpc) is 3.28. The van der Waals surface area contributed by atoms with Gasteiger partial charge < -0.3 is 14.1 Å². The number of fused-ring (bicyclic) bond motifs is 1. The average molecular weight is 334 g/mol. The molecule has 2 aromatic carbocycles. The number of amides is 1. The molecule has 0 unspecified atom stereocenters. The first-order valence-corrected chi connectivity index (χ1v) is 7.60. The minimum Gasteiger partial charge on any atom is -0.497 e. The summed E-state index contributed by atoms with van der Waals surface area (Å²) in [4.78, 5) is 15.5. The third-order valence-electron chi connectivity index (χ3n) is 3.82. The zero-order chi connectivity index (χ0) is 17.2. The predicted molar refractivity (Wildman–Crippen MR) is 92.5 cm³/mol. The zero-order valence-corrected chi connectivity index (χ0v) is 13.3. The number of aromatic amines is 1. The van der Waals surface area contributed by atoms with Crippen molar-refractivity contribution >= 4 is 22.8 Å². The van der Waals surface area contributed by atoms with Crippen LogP contribution in [0.1, 0.15) is 10.4 Å². The summed E-state index contributed by atoms with van der Waals surface area (Å²) in [6.45, 7) is 0. The number of benzene rings is 2. The van der Waals surface area contributed by atoms with E-state index in [9.17, 15) is 4.79 Å². The van der Waals surface area contributed by atoms with Gasteiger partial charge in [0.1, 0.15) is 5.75 Å². The van der Waals surface area contributed by atoms with Gasteiger partial charge in [0.15, 0.2) is 0 Å². The number of ether oxygens (including phenoxy) is 1. The van der Waals surface area contributed by atoms with E-state index in [1.807, 2.05) is 24.3 Å². The van der Waals surface area contributed by atoms with Gasteiger partial charge in [0, 0.05) is 22.7 Å². The Kier molecular flexibility index (Phi) is 3.66. The summed E-state index contributed by atoms with van der Waals surface area (Å²) >= 11 is 0. The molecule has 0 aliphatic carbocycles. The van der Waals surface area contributed by atoms with Crippen LogP contribution in [0.15, 0.2) is 59.1 Å². The summed E-state index contributed by atoms with van der Waals surface area (Å²) in [6, 6.07) is 14.8. The van der Waals surface area contributed by atoms with Crippen molar-refractivity contribution < 1.29 is 13.9 Å². The van der Waals surface area contributed by atoms with Crippen LogP contribution in [0.3, 0.4) is 0 Å². The molecule has 0 bridgehead atoms. The van der Waals surface area contributed by atoms with E-state index >= 15 is 0 Å². The van der Waals surface area contributed by atoms with Gasteiger partial charge in [-0.15, -0.1) is 5.10 Å². The number of rotatable bonds is 4. The fourth-order valence-electron chi connectivity index (χ4n) is 2.55. The molecule has 0 aliphatic rings. The summed E-state index contributed by atoms with van der Waals surface area (Å²) in [7, 11) is 1.60. The quantitative estimate of drug-likeness (QED) is 0.596. The molecule has 124 valence electrons. The van der Waals surface area contributed by atoms with Gasteiger partial charge >= 0.3 is 6.01 Å². The van der Waals surface area contributed by atoms with Gasteiger partial charge in [-0.25, -0.2) is 0 Å². The summed E-state index contributed by atoms with van der Waals surface area (Å²) in [5.41, 5.74) is 2.14. The Morgan fingerprint density at radius 1 is 1.12 bits per heavy atom.